The SMILES string of the molecule is COc1ccc(-c2cc(C(=O)Nc3ccc(OC)c(OCC(N)=O)c3)c3ccccc3n2)cc1OC. The number of nitrogens with one attached hydrogen (secondary N) is 1. The molecule has 1 heterocycles. The molecule has 0 saturated heterocycles. The lowest BCUT2D eigenvalue weighted by Crippen LogP contribution is -2.20. The van der Waals surface area contributed by atoms with Crippen molar-refractivity contribution in [2.75, 3.05) is 33.3 Å². The molecule has 3 N–H and O–H groups in total. The molecular weight excluding hydrogens is 462 g/mol. The molecule has 3 aromatic carbocycles. The molecule has 0 fully saturated rings. The smallest absolute Gasteiger partial charge is 0.256 e. The molecule has 1 aromatic heterocycles. The summed E-state index contributed by atoms with van der Waals surface area (Å²) in [6.45, 7) is -0.322. The molecule has 0 aliphatic rings. The second-order valence-corrected chi connectivity index (χ2v) is 7.72. The first-order valence-corrected chi connectivity index (χ1v) is 11.0. The summed E-state index contributed by atoms with van der Waals surface area (Å²) in [5.74, 6) is 0.851. The lowest BCUT2D eigenvalue weighted by Gasteiger charge is -2.14. The number of ether oxygens (including phenoxy) is 4. The van der Waals surface area contributed by atoms with Gasteiger partial charge in [0, 0.05) is 22.7 Å². The van der Waals surface area contributed by atoms with Crippen molar-refractivity contribution in [2.45, 2.75) is 0 Å². The van der Waals surface area contributed by atoms with E-state index >= 15 is 0 Å². The van der Waals surface area contributed by atoms with E-state index in [1.165, 1.54) is 7.11 Å². The molecule has 9 nitrogen and oxygen atoms in total. The van der Waals surface area contributed by atoms with Crippen LogP contribution in [-0.2, 0) is 4.79 Å². The Morgan fingerprint density at radius 2 is 1.53 bits per heavy atom. The Kier molecular flexibility index (Phi) is 7.20. The number of aromatic nitrogens is 1. The van der Waals surface area contributed by atoms with Gasteiger partial charge >= 0.3 is 0 Å². The minimum atomic E-state index is -0.627. The van der Waals surface area contributed by atoms with Gasteiger partial charge < -0.3 is 30.0 Å². The molecule has 0 spiro atoms. The van der Waals surface area contributed by atoms with E-state index in [1.54, 1.807) is 44.6 Å². The van der Waals surface area contributed by atoms with Gasteiger partial charge in [-0.05, 0) is 42.5 Å². The number of benzene rings is 3. The molecular formula is C27H25N3O6. The maximum atomic E-state index is 13.4. The number of nitrogens with zero attached hydrogens (tertiary/aromatic N) is 1. The van der Waals surface area contributed by atoms with E-state index in [-0.39, 0.29) is 18.3 Å². The zero-order valence-electron chi connectivity index (χ0n) is 20.0. The summed E-state index contributed by atoms with van der Waals surface area (Å²) < 4.78 is 21.4. The van der Waals surface area contributed by atoms with Crippen molar-refractivity contribution in [3.05, 3.63) is 72.3 Å². The first kappa shape index (κ1) is 24.3. The Bertz CT molecular complexity index is 1440. The van der Waals surface area contributed by atoms with Crippen molar-refractivity contribution in [1.29, 1.82) is 0 Å². The van der Waals surface area contributed by atoms with Crippen molar-refractivity contribution in [2.24, 2.45) is 5.73 Å². The molecule has 36 heavy (non-hydrogen) atoms. The van der Waals surface area contributed by atoms with Gasteiger partial charge in [0.2, 0.25) is 0 Å². The topological polar surface area (TPSA) is 122 Å². The van der Waals surface area contributed by atoms with E-state index in [0.29, 0.717) is 45.1 Å². The number of primary amides is 1. The van der Waals surface area contributed by atoms with Gasteiger partial charge in [0.1, 0.15) is 0 Å². The summed E-state index contributed by atoms with van der Waals surface area (Å²) in [4.78, 5) is 29.3. The first-order chi connectivity index (χ1) is 17.4. The predicted molar refractivity (Wildman–Crippen MR) is 136 cm³/mol. The van der Waals surface area contributed by atoms with E-state index in [1.807, 2.05) is 36.4 Å². The highest BCUT2D eigenvalue weighted by atomic mass is 16.5. The fraction of sp³-hybridized carbons (Fsp3) is 0.148. The van der Waals surface area contributed by atoms with Crippen LogP contribution in [0.15, 0.2) is 66.7 Å². The van der Waals surface area contributed by atoms with E-state index in [0.717, 1.165) is 5.56 Å². The van der Waals surface area contributed by atoms with Crippen molar-refractivity contribution in [3.63, 3.8) is 0 Å². The van der Waals surface area contributed by atoms with Gasteiger partial charge in [0.25, 0.3) is 11.8 Å². The largest absolute Gasteiger partial charge is 0.493 e. The number of carbonyl (C=O) groups is 2. The Balaban J connectivity index is 1.72. The highest BCUT2D eigenvalue weighted by molar-refractivity contribution is 6.13. The minimum Gasteiger partial charge on any atom is -0.493 e. The number of hydrogen-bond acceptors (Lipinski definition) is 7. The molecule has 4 aromatic rings. The number of methoxy groups -OCH3 is 3. The fourth-order valence-electron chi connectivity index (χ4n) is 3.72. The molecule has 9 heteroatoms. The van der Waals surface area contributed by atoms with Crippen molar-refractivity contribution < 1.29 is 28.5 Å². The lowest BCUT2D eigenvalue weighted by molar-refractivity contribution is -0.119. The van der Waals surface area contributed by atoms with Crippen LogP contribution in [0, 0.1) is 0 Å². The summed E-state index contributed by atoms with van der Waals surface area (Å²) in [5, 5.41) is 3.58. The van der Waals surface area contributed by atoms with Crippen LogP contribution >= 0.6 is 0 Å². The molecule has 0 aliphatic carbocycles. The summed E-state index contributed by atoms with van der Waals surface area (Å²) in [6.07, 6.45) is 0. The second-order valence-electron chi connectivity index (χ2n) is 7.72. The highest BCUT2D eigenvalue weighted by Crippen LogP contribution is 2.34. The summed E-state index contributed by atoms with van der Waals surface area (Å²) in [6, 6.07) is 19.4. The van der Waals surface area contributed by atoms with Gasteiger partial charge in [-0.2, -0.15) is 0 Å². The van der Waals surface area contributed by atoms with Crippen LogP contribution < -0.4 is 30.0 Å². The fourth-order valence-corrected chi connectivity index (χ4v) is 3.72. The van der Waals surface area contributed by atoms with Gasteiger partial charge in [-0.15, -0.1) is 0 Å². The first-order valence-electron chi connectivity index (χ1n) is 11.0. The highest BCUT2D eigenvalue weighted by Gasteiger charge is 2.17. The van der Waals surface area contributed by atoms with Gasteiger partial charge in [-0.1, -0.05) is 18.2 Å². The van der Waals surface area contributed by atoms with Gasteiger partial charge in [0.05, 0.1) is 38.1 Å². The Labute approximate surface area is 207 Å². The zero-order chi connectivity index (χ0) is 25.7. The van der Waals surface area contributed by atoms with Crippen LogP contribution in [0.2, 0.25) is 0 Å². The number of rotatable bonds is 9. The number of carbonyl (C=O) groups excluding carboxylic acids is 2. The molecule has 0 bridgehead atoms. The molecule has 0 radical (unpaired) electrons. The van der Waals surface area contributed by atoms with Crippen LogP contribution in [0.1, 0.15) is 10.4 Å². The van der Waals surface area contributed by atoms with E-state index in [4.69, 9.17) is 29.7 Å². The van der Waals surface area contributed by atoms with Crippen molar-refractivity contribution >= 4 is 28.4 Å². The average molecular weight is 488 g/mol. The number of anilines is 1. The van der Waals surface area contributed by atoms with Gasteiger partial charge in [-0.25, -0.2) is 4.98 Å². The van der Waals surface area contributed by atoms with Crippen LogP contribution in [0.25, 0.3) is 22.2 Å². The van der Waals surface area contributed by atoms with Crippen molar-refractivity contribution in [3.8, 4) is 34.3 Å². The summed E-state index contributed by atoms with van der Waals surface area (Å²) in [7, 11) is 4.60. The normalized spacial score (nSPS) is 10.5. The molecule has 0 aliphatic heterocycles. The predicted octanol–water partition coefficient (Wildman–Crippen LogP) is 4.04. The monoisotopic (exact) mass is 487 g/mol. The zero-order valence-corrected chi connectivity index (χ0v) is 20.0. The maximum absolute atomic E-state index is 13.4. The minimum absolute atomic E-state index is 0.278. The van der Waals surface area contributed by atoms with E-state index in [2.05, 4.69) is 5.32 Å². The molecule has 0 unspecified atom stereocenters. The third-order valence-corrected chi connectivity index (χ3v) is 5.43. The quantitative estimate of drug-likeness (QED) is 0.365. The standard InChI is InChI=1S/C27H25N3O6/c1-33-22-10-8-16(12-24(22)35-3)21-14-19(18-6-4-5-7-20(18)30-21)27(32)29-17-9-11-23(34-2)25(13-17)36-15-26(28)31/h4-14H,15H2,1-3H3,(H2,28,31)(H,29,32). The summed E-state index contributed by atoms with van der Waals surface area (Å²) in [5.41, 5.74) is 8.09. The third kappa shape index (κ3) is 5.15. The molecule has 4 rings (SSSR count). The number of pyridine rings is 1. The number of para-hydroxylation sites is 1. The molecule has 2 amide bonds. The van der Waals surface area contributed by atoms with Crippen molar-refractivity contribution in [1.82, 2.24) is 4.98 Å². The second kappa shape index (κ2) is 10.6. The number of fused-ring (bicyclic) bond motifs is 1. The van der Waals surface area contributed by atoms with Crippen LogP contribution in [0.5, 0.6) is 23.0 Å². The average Bonchev–Trinajstić information content (AvgIpc) is 2.90. The van der Waals surface area contributed by atoms with E-state index in [9.17, 15) is 9.59 Å². The third-order valence-electron chi connectivity index (χ3n) is 5.43. The van der Waals surface area contributed by atoms with Crippen LogP contribution in [-0.4, -0.2) is 44.7 Å². The number of nitrogens with two attached hydrogens (primary N) is 1. The maximum Gasteiger partial charge on any atom is 0.256 e. The lowest BCUT2D eigenvalue weighted by atomic mass is 10.0. The number of amides is 2. The van der Waals surface area contributed by atoms with Gasteiger partial charge in [-0.3, -0.25) is 9.59 Å². The van der Waals surface area contributed by atoms with E-state index < -0.39 is 5.91 Å². The summed E-state index contributed by atoms with van der Waals surface area (Å²) >= 11 is 0. The number of hydrogen-bond donors (Lipinski definition) is 2. The van der Waals surface area contributed by atoms with Crippen LogP contribution in [0.3, 0.4) is 0 Å². The van der Waals surface area contributed by atoms with Gasteiger partial charge in [0.15, 0.2) is 29.6 Å². The Morgan fingerprint density at radius 1 is 0.833 bits per heavy atom. The Hall–Kier alpha value is -4.79. The Morgan fingerprint density at radius 3 is 2.25 bits per heavy atom. The molecule has 184 valence electrons. The van der Waals surface area contributed by atoms with Crippen LogP contribution in [0.4, 0.5) is 5.69 Å². The molecule has 0 saturated carbocycles. The molecule has 0 atom stereocenters.